The number of hydrogen-bond donors (Lipinski definition) is 2. The Hall–Kier alpha value is -0.120. The molecule has 1 rings (SSSR count). The lowest BCUT2D eigenvalue weighted by Crippen LogP contribution is -2.52. The zero-order valence-electron chi connectivity index (χ0n) is 12.7. The summed E-state index contributed by atoms with van der Waals surface area (Å²) in [4.78, 5) is 2.40. The Balaban J connectivity index is 2.51. The lowest BCUT2D eigenvalue weighted by Gasteiger charge is -2.36. The van der Waals surface area contributed by atoms with Gasteiger partial charge >= 0.3 is 0 Å². The fraction of sp³-hybridized carbons (Fsp3) is 1.00. The van der Waals surface area contributed by atoms with E-state index in [2.05, 4.69) is 38.0 Å². The van der Waals surface area contributed by atoms with E-state index in [4.69, 9.17) is 0 Å². The zero-order valence-corrected chi connectivity index (χ0v) is 12.7. The van der Waals surface area contributed by atoms with Gasteiger partial charge in [-0.25, -0.2) is 0 Å². The molecule has 3 nitrogen and oxygen atoms in total. The summed E-state index contributed by atoms with van der Waals surface area (Å²) in [5.41, 5.74) is 0.00777. The van der Waals surface area contributed by atoms with Crippen LogP contribution in [0.2, 0.25) is 0 Å². The van der Waals surface area contributed by atoms with Gasteiger partial charge in [-0.15, -0.1) is 0 Å². The van der Waals surface area contributed by atoms with Gasteiger partial charge in [0.15, 0.2) is 0 Å². The Kier molecular flexibility index (Phi) is 6.61. The van der Waals surface area contributed by atoms with E-state index in [1.54, 1.807) is 0 Å². The quantitative estimate of drug-likeness (QED) is 0.699. The molecule has 0 spiro atoms. The van der Waals surface area contributed by atoms with Gasteiger partial charge in [-0.1, -0.05) is 13.3 Å². The van der Waals surface area contributed by atoms with Gasteiger partial charge in [-0.3, -0.25) is 0 Å². The number of aliphatic hydroxyl groups excluding tert-OH is 1. The Morgan fingerprint density at radius 3 is 2.72 bits per heavy atom. The largest absolute Gasteiger partial charge is 0.394 e. The molecule has 0 aliphatic heterocycles. The van der Waals surface area contributed by atoms with Crippen molar-refractivity contribution in [2.45, 2.75) is 64.5 Å². The molecule has 0 saturated heterocycles. The third-order valence-corrected chi connectivity index (χ3v) is 4.68. The van der Waals surface area contributed by atoms with Crippen molar-refractivity contribution in [3.05, 3.63) is 0 Å². The van der Waals surface area contributed by atoms with Crippen LogP contribution in [0.4, 0.5) is 0 Å². The molecular weight excluding hydrogens is 224 g/mol. The van der Waals surface area contributed by atoms with Crippen LogP contribution >= 0.6 is 0 Å². The summed E-state index contributed by atoms with van der Waals surface area (Å²) in [6, 6.07) is 0.610. The summed E-state index contributed by atoms with van der Waals surface area (Å²) in [6.45, 7) is 9.12. The molecule has 1 aliphatic rings. The molecule has 2 atom stereocenters. The van der Waals surface area contributed by atoms with Gasteiger partial charge < -0.3 is 15.3 Å². The fourth-order valence-electron chi connectivity index (χ4n) is 3.05. The first kappa shape index (κ1) is 15.9. The predicted molar refractivity (Wildman–Crippen MR) is 77.8 cm³/mol. The van der Waals surface area contributed by atoms with Crippen molar-refractivity contribution in [1.29, 1.82) is 0 Å². The van der Waals surface area contributed by atoms with Gasteiger partial charge in [-0.05, 0) is 65.6 Å². The Bertz CT molecular complexity index is 233. The highest BCUT2D eigenvalue weighted by atomic mass is 16.3. The van der Waals surface area contributed by atoms with E-state index >= 15 is 0 Å². The van der Waals surface area contributed by atoms with Gasteiger partial charge in [-0.2, -0.15) is 0 Å². The highest BCUT2D eigenvalue weighted by molar-refractivity contribution is 4.99. The number of rotatable bonds is 8. The molecule has 1 saturated carbocycles. The number of hydrogen-bond acceptors (Lipinski definition) is 3. The zero-order chi connectivity index (χ0) is 13.6. The first-order chi connectivity index (χ1) is 8.55. The number of nitrogens with zero attached hydrogens (tertiary/aromatic N) is 1. The molecule has 0 heterocycles. The molecule has 2 unspecified atom stereocenters. The summed E-state index contributed by atoms with van der Waals surface area (Å²) in [6.07, 6.45) is 6.00. The Labute approximate surface area is 113 Å². The van der Waals surface area contributed by atoms with Crippen molar-refractivity contribution in [3.8, 4) is 0 Å². The standard InChI is InChI=1S/C15H32N2O/c1-5-10-16-15(12-18)9-6-7-14(15)8-11-17(4)13(2)3/h13-14,16,18H,5-12H2,1-4H3. The lowest BCUT2D eigenvalue weighted by molar-refractivity contribution is 0.111. The molecule has 0 bridgehead atoms. The molecule has 0 radical (unpaired) electrons. The van der Waals surface area contributed by atoms with E-state index in [0.717, 1.165) is 25.9 Å². The van der Waals surface area contributed by atoms with E-state index < -0.39 is 0 Å². The Morgan fingerprint density at radius 1 is 1.44 bits per heavy atom. The molecule has 2 N–H and O–H groups in total. The van der Waals surface area contributed by atoms with E-state index in [1.165, 1.54) is 19.3 Å². The average molecular weight is 256 g/mol. The summed E-state index contributed by atoms with van der Waals surface area (Å²) < 4.78 is 0. The topological polar surface area (TPSA) is 35.5 Å². The van der Waals surface area contributed by atoms with Crippen LogP contribution in [0.15, 0.2) is 0 Å². The summed E-state index contributed by atoms with van der Waals surface area (Å²) in [5, 5.41) is 13.4. The molecule has 0 aromatic heterocycles. The van der Waals surface area contributed by atoms with Crippen LogP contribution < -0.4 is 5.32 Å². The van der Waals surface area contributed by atoms with Crippen LogP contribution in [0, 0.1) is 5.92 Å². The second-order valence-electron chi connectivity index (χ2n) is 6.19. The van der Waals surface area contributed by atoms with Gasteiger partial charge in [0.25, 0.3) is 0 Å². The van der Waals surface area contributed by atoms with Crippen LogP contribution in [-0.2, 0) is 0 Å². The first-order valence-electron chi connectivity index (χ1n) is 7.62. The maximum absolute atomic E-state index is 9.81. The molecule has 0 aromatic carbocycles. The van der Waals surface area contributed by atoms with E-state index in [9.17, 15) is 5.11 Å². The highest BCUT2D eigenvalue weighted by Crippen LogP contribution is 2.37. The minimum atomic E-state index is 0.00777. The molecule has 18 heavy (non-hydrogen) atoms. The smallest absolute Gasteiger partial charge is 0.0616 e. The molecule has 1 fully saturated rings. The van der Waals surface area contributed by atoms with Gasteiger partial charge in [0.05, 0.1) is 6.61 Å². The lowest BCUT2D eigenvalue weighted by atomic mass is 9.85. The van der Waals surface area contributed by atoms with Gasteiger partial charge in [0.1, 0.15) is 0 Å². The van der Waals surface area contributed by atoms with Crippen LogP contribution in [0.1, 0.15) is 52.9 Å². The Morgan fingerprint density at radius 2 is 2.17 bits per heavy atom. The third kappa shape index (κ3) is 3.94. The van der Waals surface area contributed by atoms with Crippen molar-refractivity contribution < 1.29 is 5.11 Å². The number of aliphatic hydroxyl groups is 1. The fourth-order valence-corrected chi connectivity index (χ4v) is 3.05. The van der Waals surface area contributed by atoms with Crippen LogP contribution in [0.3, 0.4) is 0 Å². The van der Waals surface area contributed by atoms with E-state index in [-0.39, 0.29) is 5.54 Å². The average Bonchev–Trinajstić information content (AvgIpc) is 2.76. The van der Waals surface area contributed by atoms with Crippen LogP contribution in [-0.4, -0.2) is 48.3 Å². The number of nitrogens with one attached hydrogen (secondary N) is 1. The van der Waals surface area contributed by atoms with Crippen molar-refractivity contribution >= 4 is 0 Å². The van der Waals surface area contributed by atoms with Crippen molar-refractivity contribution in [2.75, 3.05) is 26.7 Å². The molecular formula is C15H32N2O. The normalized spacial score (nSPS) is 28.5. The maximum Gasteiger partial charge on any atom is 0.0616 e. The van der Waals surface area contributed by atoms with Gasteiger partial charge in [0.2, 0.25) is 0 Å². The summed E-state index contributed by atoms with van der Waals surface area (Å²) >= 11 is 0. The monoisotopic (exact) mass is 256 g/mol. The molecule has 0 aromatic rings. The second kappa shape index (κ2) is 7.46. The summed E-state index contributed by atoms with van der Waals surface area (Å²) in [7, 11) is 2.19. The van der Waals surface area contributed by atoms with Crippen molar-refractivity contribution in [3.63, 3.8) is 0 Å². The second-order valence-corrected chi connectivity index (χ2v) is 6.19. The first-order valence-corrected chi connectivity index (χ1v) is 7.62. The summed E-state index contributed by atoms with van der Waals surface area (Å²) in [5.74, 6) is 0.634. The van der Waals surface area contributed by atoms with Crippen molar-refractivity contribution in [1.82, 2.24) is 10.2 Å². The predicted octanol–water partition coefficient (Wildman–Crippen LogP) is 2.25. The molecule has 3 heteroatoms. The maximum atomic E-state index is 9.81. The highest BCUT2D eigenvalue weighted by Gasteiger charge is 2.41. The van der Waals surface area contributed by atoms with Crippen LogP contribution in [0.5, 0.6) is 0 Å². The molecule has 108 valence electrons. The van der Waals surface area contributed by atoms with Crippen molar-refractivity contribution in [2.24, 2.45) is 5.92 Å². The van der Waals surface area contributed by atoms with E-state index in [1.807, 2.05) is 0 Å². The van der Waals surface area contributed by atoms with Crippen LogP contribution in [0.25, 0.3) is 0 Å². The minimum Gasteiger partial charge on any atom is -0.394 e. The minimum absolute atomic E-state index is 0.00777. The molecule has 0 amide bonds. The molecule has 1 aliphatic carbocycles. The third-order valence-electron chi connectivity index (χ3n) is 4.68. The van der Waals surface area contributed by atoms with E-state index in [0.29, 0.717) is 18.6 Å². The SMILES string of the molecule is CCCNC1(CO)CCCC1CCN(C)C(C)C. The van der Waals surface area contributed by atoms with Gasteiger partial charge in [0, 0.05) is 11.6 Å².